The second-order valence-electron chi connectivity index (χ2n) is 3.32. The molecule has 1 unspecified atom stereocenters. The van der Waals surface area contributed by atoms with Crippen molar-refractivity contribution in [2.75, 3.05) is 0 Å². The van der Waals surface area contributed by atoms with Crippen molar-refractivity contribution < 1.29 is 28.2 Å². The summed E-state index contributed by atoms with van der Waals surface area (Å²) >= 11 is 0. The van der Waals surface area contributed by atoms with E-state index in [1.807, 2.05) is 0 Å². The molecule has 0 amide bonds. The van der Waals surface area contributed by atoms with Crippen molar-refractivity contribution in [3.63, 3.8) is 0 Å². The summed E-state index contributed by atoms with van der Waals surface area (Å²) in [6.45, 7) is 0. The first-order valence-electron chi connectivity index (χ1n) is 4.58. The van der Waals surface area contributed by atoms with Gasteiger partial charge in [0.05, 0.1) is 0 Å². The lowest BCUT2D eigenvalue weighted by molar-refractivity contribution is -0.148. The molecule has 1 aromatic heterocycles. The van der Waals surface area contributed by atoms with Gasteiger partial charge in [0, 0.05) is 5.56 Å². The molecule has 1 aromatic carbocycles. The van der Waals surface area contributed by atoms with Gasteiger partial charge in [-0.1, -0.05) is 0 Å². The van der Waals surface area contributed by atoms with Gasteiger partial charge < -0.3 is 14.6 Å². The van der Waals surface area contributed by atoms with Crippen LogP contribution in [0, 0.1) is 0 Å². The number of halogens is 2. The third kappa shape index (κ3) is 2.09. The fourth-order valence-electron chi connectivity index (χ4n) is 1.32. The first-order valence-corrected chi connectivity index (χ1v) is 4.58. The predicted octanol–water partition coefficient (Wildman–Crippen LogP) is 1.88. The van der Waals surface area contributed by atoms with Crippen LogP contribution < -0.4 is 0 Å². The predicted molar refractivity (Wildman–Crippen MR) is 51.6 cm³/mol. The Morgan fingerprint density at radius 2 is 2.12 bits per heavy atom. The Bertz CT molecular complexity index is 566. The Kier molecular flexibility index (Phi) is 2.76. The highest BCUT2D eigenvalue weighted by Crippen LogP contribution is 2.25. The van der Waals surface area contributed by atoms with Gasteiger partial charge in [-0.25, -0.2) is 18.6 Å². The number of aromatic nitrogens is 1. The minimum absolute atomic E-state index is 0.0816. The maximum Gasteiger partial charge on any atom is 0.342 e. The van der Waals surface area contributed by atoms with E-state index in [0.717, 1.165) is 12.1 Å². The largest absolute Gasteiger partial charge is 0.479 e. The van der Waals surface area contributed by atoms with Crippen LogP contribution in [0.15, 0.2) is 22.6 Å². The average Bonchev–Trinajstić information content (AvgIpc) is 2.69. The summed E-state index contributed by atoms with van der Waals surface area (Å²) in [5, 5.41) is 17.7. The van der Waals surface area contributed by atoms with Crippen LogP contribution in [-0.4, -0.2) is 21.2 Å². The molecule has 1 atom stereocenters. The van der Waals surface area contributed by atoms with Crippen molar-refractivity contribution in [1.29, 1.82) is 0 Å². The van der Waals surface area contributed by atoms with Crippen LogP contribution >= 0.6 is 0 Å². The van der Waals surface area contributed by atoms with E-state index in [9.17, 15) is 18.7 Å². The molecule has 17 heavy (non-hydrogen) atoms. The van der Waals surface area contributed by atoms with Crippen LogP contribution in [0.3, 0.4) is 0 Å². The highest BCUT2D eigenvalue weighted by molar-refractivity contribution is 5.77. The normalized spacial score (nSPS) is 13.2. The number of fused-ring (bicyclic) bond motifs is 1. The second kappa shape index (κ2) is 4.10. The number of carboxylic acid groups (broad SMARTS) is 1. The first kappa shape index (κ1) is 11.5. The van der Waals surface area contributed by atoms with Crippen LogP contribution in [0.1, 0.15) is 24.0 Å². The van der Waals surface area contributed by atoms with E-state index in [4.69, 9.17) is 9.52 Å². The fourth-order valence-corrected chi connectivity index (χ4v) is 1.32. The molecule has 0 spiro atoms. The average molecular weight is 243 g/mol. The quantitative estimate of drug-likeness (QED) is 0.859. The molecule has 0 fully saturated rings. The SMILES string of the molecule is O=C(O)C(O)c1nc2cc(C(F)F)ccc2o1. The van der Waals surface area contributed by atoms with Gasteiger partial charge in [0.1, 0.15) is 5.52 Å². The van der Waals surface area contributed by atoms with Gasteiger partial charge in [0.25, 0.3) is 6.43 Å². The first-order chi connectivity index (χ1) is 7.99. The number of aliphatic hydroxyl groups excluding tert-OH is 1. The topological polar surface area (TPSA) is 83.6 Å². The van der Waals surface area contributed by atoms with Crippen molar-refractivity contribution in [2.45, 2.75) is 12.5 Å². The molecule has 2 aromatic rings. The lowest BCUT2D eigenvalue weighted by atomic mass is 10.2. The molecule has 90 valence electrons. The van der Waals surface area contributed by atoms with Gasteiger partial charge >= 0.3 is 5.97 Å². The molecule has 0 aliphatic heterocycles. The van der Waals surface area contributed by atoms with Gasteiger partial charge in [0.15, 0.2) is 5.58 Å². The molecular weight excluding hydrogens is 236 g/mol. The van der Waals surface area contributed by atoms with Crippen molar-refractivity contribution in [3.05, 3.63) is 29.7 Å². The molecule has 0 bridgehead atoms. The fraction of sp³-hybridized carbons (Fsp3) is 0.200. The Morgan fingerprint density at radius 3 is 2.71 bits per heavy atom. The van der Waals surface area contributed by atoms with Crippen LogP contribution in [0.5, 0.6) is 0 Å². The molecule has 0 saturated heterocycles. The highest BCUT2D eigenvalue weighted by Gasteiger charge is 2.22. The third-order valence-corrected chi connectivity index (χ3v) is 2.15. The number of rotatable bonds is 3. The Labute approximate surface area is 93.3 Å². The molecule has 0 saturated carbocycles. The molecule has 0 radical (unpaired) electrons. The summed E-state index contributed by atoms with van der Waals surface area (Å²) in [6, 6.07) is 3.48. The summed E-state index contributed by atoms with van der Waals surface area (Å²) in [6.07, 6.45) is -4.55. The number of hydrogen-bond donors (Lipinski definition) is 2. The lowest BCUT2D eigenvalue weighted by Gasteiger charge is -1.96. The maximum absolute atomic E-state index is 12.4. The molecule has 7 heteroatoms. The number of aliphatic carboxylic acids is 1. The minimum atomic E-state index is -2.65. The van der Waals surface area contributed by atoms with Crippen molar-refractivity contribution in [2.24, 2.45) is 0 Å². The Hall–Kier alpha value is -2.02. The third-order valence-electron chi connectivity index (χ3n) is 2.15. The van der Waals surface area contributed by atoms with Gasteiger partial charge in [-0.3, -0.25) is 0 Å². The Balaban J connectivity index is 2.47. The van der Waals surface area contributed by atoms with Gasteiger partial charge in [-0.15, -0.1) is 0 Å². The van der Waals surface area contributed by atoms with Crippen molar-refractivity contribution in [3.8, 4) is 0 Å². The van der Waals surface area contributed by atoms with Gasteiger partial charge in [-0.05, 0) is 18.2 Å². The number of benzene rings is 1. The molecule has 2 rings (SSSR count). The maximum atomic E-state index is 12.4. The van der Waals surface area contributed by atoms with Crippen molar-refractivity contribution in [1.82, 2.24) is 4.98 Å². The zero-order valence-electron chi connectivity index (χ0n) is 8.30. The second-order valence-corrected chi connectivity index (χ2v) is 3.32. The summed E-state index contributed by atoms with van der Waals surface area (Å²) in [7, 11) is 0. The zero-order valence-corrected chi connectivity index (χ0v) is 8.30. The smallest absolute Gasteiger partial charge is 0.342 e. The number of oxazole rings is 1. The molecule has 1 heterocycles. The number of carbonyl (C=O) groups is 1. The van der Waals surface area contributed by atoms with Crippen LogP contribution in [-0.2, 0) is 4.79 Å². The number of alkyl halides is 2. The number of nitrogens with zero attached hydrogens (tertiary/aromatic N) is 1. The number of hydrogen-bond acceptors (Lipinski definition) is 4. The highest BCUT2D eigenvalue weighted by atomic mass is 19.3. The van der Waals surface area contributed by atoms with E-state index in [-0.39, 0.29) is 16.7 Å². The summed E-state index contributed by atoms with van der Waals surface area (Å²) < 4.78 is 29.7. The molecule has 2 N–H and O–H groups in total. The van der Waals surface area contributed by atoms with Crippen molar-refractivity contribution >= 4 is 17.1 Å². The summed E-state index contributed by atoms with van der Waals surface area (Å²) in [5.74, 6) is -1.95. The molecule has 5 nitrogen and oxygen atoms in total. The zero-order chi connectivity index (χ0) is 12.6. The van der Waals surface area contributed by atoms with E-state index in [2.05, 4.69) is 4.98 Å². The standard InChI is InChI=1S/C10H7F2NO4/c11-8(12)4-1-2-6-5(3-4)13-9(17-6)7(14)10(15)16/h1-3,7-8,14H,(H,15,16). The van der Waals surface area contributed by atoms with E-state index in [0.29, 0.717) is 0 Å². The summed E-state index contributed by atoms with van der Waals surface area (Å²) in [4.78, 5) is 14.1. The van der Waals surface area contributed by atoms with E-state index in [1.54, 1.807) is 0 Å². The molecule has 0 aliphatic rings. The number of aliphatic hydroxyl groups is 1. The van der Waals surface area contributed by atoms with Crippen LogP contribution in [0.25, 0.3) is 11.1 Å². The van der Waals surface area contributed by atoms with E-state index in [1.165, 1.54) is 6.07 Å². The minimum Gasteiger partial charge on any atom is -0.479 e. The Morgan fingerprint density at radius 1 is 1.41 bits per heavy atom. The van der Waals surface area contributed by atoms with Crippen LogP contribution in [0.4, 0.5) is 8.78 Å². The van der Waals surface area contributed by atoms with E-state index < -0.39 is 24.4 Å². The molecular formula is C10H7F2NO4. The van der Waals surface area contributed by atoms with Gasteiger partial charge in [0.2, 0.25) is 12.0 Å². The monoisotopic (exact) mass is 243 g/mol. The lowest BCUT2D eigenvalue weighted by Crippen LogP contribution is -2.10. The van der Waals surface area contributed by atoms with E-state index >= 15 is 0 Å². The van der Waals surface area contributed by atoms with Gasteiger partial charge in [-0.2, -0.15) is 0 Å². The number of carboxylic acids is 1. The summed E-state index contributed by atoms with van der Waals surface area (Å²) in [5.41, 5.74) is -0.0232. The van der Waals surface area contributed by atoms with Crippen LogP contribution in [0.2, 0.25) is 0 Å². The molecule has 0 aliphatic carbocycles.